The van der Waals surface area contributed by atoms with Crippen LogP contribution in [0, 0.1) is 5.92 Å². The van der Waals surface area contributed by atoms with E-state index in [1.54, 1.807) is 6.21 Å². The van der Waals surface area contributed by atoms with Crippen molar-refractivity contribution >= 4 is 6.21 Å². The fraction of sp³-hybridized carbons (Fsp3) is 0.222. The number of fused-ring (bicyclic) bond motifs is 1. The van der Waals surface area contributed by atoms with Gasteiger partial charge in [-0.15, -0.1) is 0 Å². The Hall–Kier alpha value is -1.19. The predicted octanol–water partition coefficient (Wildman–Crippen LogP) is 0.956. The summed E-state index contributed by atoms with van der Waals surface area (Å²) >= 11 is 0. The van der Waals surface area contributed by atoms with E-state index in [1.807, 2.05) is 30.4 Å². The molecule has 0 spiro atoms. The molecule has 1 aliphatic heterocycles. The lowest BCUT2D eigenvalue weighted by Crippen LogP contribution is -2.27. The third-order valence-corrected chi connectivity index (χ3v) is 2.05. The first-order valence-corrected chi connectivity index (χ1v) is 3.85. The molecule has 0 saturated heterocycles. The fourth-order valence-electron chi connectivity index (χ4n) is 1.43. The van der Waals surface area contributed by atoms with E-state index in [9.17, 15) is 0 Å². The zero-order valence-electron chi connectivity index (χ0n) is 6.55. The van der Waals surface area contributed by atoms with Crippen LogP contribution in [0.15, 0.2) is 40.9 Å². The Balaban J connectivity index is 2.29. The van der Waals surface area contributed by atoms with Gasteiger partial charge in [-0.3, -0.25) is 9.83 Å². The molecule has 0 bridgehead atoms. The summed E-state index contributed by atoms with van der Waals surface area (Å²) in [6.45, 7) is 0. The molecule has 3 heteroatoms. The first kappa shape index (κ1) is 7.46. The molecule has 2 rings (SSSR count). The Morgan fingerprint density at radius 3 is 3.17 bits per heavy atom. The molecule has 2 aliphatic rings. The molecule has 0 saturated carbocycles. The molecule has 0 fully saturated rings. The third kappa shape index (κ3) is 1.13. The Bertz CT molecular complexity index is 289. The first-order chi connectivity index (χ1) is 5.92. The van der Waals surface area contributed by atoms with Crippen molar-refractivity contribution < 1.29 is 4.84 Å². The summed E-state index contributed by atoms with van der Waals surface area (Å²) in [5.74, 6) is 5.30. The van der Waals surface area contributed by atoms with Crippen LogP contribution >= 0.6 is 0 Å². The molecule has 0 aromatic carbocycles. The second kappa shape index (κ2) is 3.05. The quantitative estimate of drug-likeness (QED) is 0.584. The van der Waals surface area contributed by atoms with Gasteiger partial charge in [-0.1, -0.05) is 24.3 Å². The van der Waals surface area contributed by atoms with E-state index in [4.69, 9.17) is 10.7 Å². The molecule has 2 unspecified atom stereocenters. The van der Waals surface area contributed by atoms with Gasteiger partial charge in [0.05, 0.1) is 5.92 Å². The smallest absolute Gasteiger partial charge is 0.178 e. The number of nitrogens with two attached hydrogens (primary N) is 1. The molecular weight excluding hydrogens is 152 g/mol. The van der Waals surface area contributed by atoms with Gasteiger partial charge in [-0.05, 0) is 11.6 Å². The highest BCUT2D eigenvalue weighted by molar-refractivity contribution is 5.75. The van der Waals surface area contributed by atoms with E-state index < -0.39 is 0 Å². The molecule has 1 aliphatic carbocycles. The number of nitrogens with zero attached hydrogens (tertiary/aromatic N) is 1. The van der Waals surface area contributed by atoms with E-state index in [1.165, 1.54) is 5.57 Å². The van der Waals surface area contributed by atoms with Crippen molar-refractivity contribution in [3.63, 3.8) is 0 Å². The number of dihydropyridines is 1. The fourth-order valence-corrected chi connectivity index (χ4v) is 1.43. The Labute approximate surface area is 70.9 Å². The summed E-state index contributed by atoms with van der Waals surface area (Å²) in [5.41, 5.74) is 1.20. The molecule has 0 amide bonds. The Morgan fingerprint density at radius 1 is 1.42 bits per heavy atom. The molecule has 2 atom stereocenters. The highest BCUT2D eigenvalue weighted by Gasteiger charge is 2.23. The topological polar surface area (TPSA) is 47.6 Å². The van der Waals surface area contributed by atoms with Crippen molar-refractivity contribution in [1.82, 2.24) is 0 Å². The second-order valence-electron chi connectivity index (χ2n) is 2.76. The van der Waals surface area contributed by atoms with Crippen molar-refractivity contribution in [2.24, 2.45) is 16.8 Å². The average molecular weight is 162 g/mol. The lowest BCUT2D eigenvalue weighted by atomic mass is 9.91. The average Bonchev–Trinajstić information content (AvgIpc) is 2.17. The monoisotopic (exact) mass is 162 g/mol. The summed E-state index contributed by atoms with van der Waals surface area (Å²) in [6, 6.07) is 0. The predicted molar refractivity (Wildman–Crippen MR) is 47.4 cm³/mol. The number of hydrogen-bond donors (Lipinski definition) is 1. The van der Waals surface area contributed by atoms with Crippen LogP contribution in [-0.2, 0) is 4.84 Å². The maximum absolute atomic E-state index is 5.11. The summed E-state index contributed by atoms with van der Waals surface area (Å²) in [4.78, 5) is 8.84. The maximum Gasteiger partial charge on any atom is 0.178 e. The summed E-state index contributed by atoms with van der Waals surface area (Å²) < 4.78 is 0. The summed E-state index contributed by atoms with van der Waals surface area (Å²) in [5, 5.41) is 0. The van der Waals surface area contributed by atoms with Crippen molar-refractivity contribution in [2.75, 3.05) is 0 Å². The van der Waals surface area contributed by atoms with Gasteiger partial charge < -0.3 is 0 Å². The largest absolute Gasteiger partial charge is 0.277 e. The van der Waals surface area contributed by atoms with Crippen LogP contribution in [0.2, 0.25) is 0 Å². The maximum atomic E-state index is 5.11. The zero-order chi connectivity index (χ0) is 8.39. The zero-order valence-corrected chi connectivity index (χ0v) is 6.55. The molecule has 3 nitrogen and oxygen atoms in total. The van der Waals surface area contributed by atoms with Crippen LogP contribution in [0.5, 0.6) is 0 Å². The normalized spacial score (nSPS) is 31.6. The van der Waals surface area contributed by atoms with Gasteiger partial charge in [0.1, 0.15) is 0 Å². The molecule has 12 heavy (non-hydrogen) atoms. The molecule has 0 aromatic heterocycles. The molecule has 2 N–H and O–H groups in total. The Morgan fingerprint density at radius 2 is 2.33 bits per heavy atom. The first-order valence-electron chi connectivity index (χ1n) is 3.85. The Kier molecular flexibility index (Phi) is 1.89. The van der Waals surface area contributed by atoms with Gasteiger partial charge in [-0.25, -0.2) is 5.90 Å². The highest BCUT2D eigenvalue weighted by atomic mass is 16.6. The van der Waals surface area contributed by atoms with E-state index in [2.05, 4.69) is 4.99 Å². The summed E-state index contributed by atoms with van der Waals surface area (Å²) in [7, 11) is 0. The minimum absolute atomic E-state index is 0.185. The molecular formula is C9H10N2O. The van der Waals surface area contributed by atoms with Crippen LogP contribution in [0.4, 0.5) is 0 Å². The highest BCUT2D eigenvalue weighted by Crippen LogP contribution is 2.26. The van der Waals surface area contributed by atoms with Crippen LogP contribution in [0.1, 0.15) is 0 Å². The second-order valence-corrected chi connectivity index (χ2v) is 2.76. The third-order valence-electron chi connectivity index (χ3n) is 2.05. The van der Waals surface area contributed by atoms with Gasteiger partial charge in [0.25, 0.3) is 0 Å². The lowest BCUT2D eigenvalue weighted by molar-refractivity contribution is 0.0403. The minimum atomic E-state index is -0.258. The van der Waals surface area contributed by atoms with E-state index in [0.29, 0.717) is 0 Å². The molecule has 62 valence electrons. The van der Waals surface area contributed by atoms with Crippen LogP contribution in [0.3, 0.4) is 0 Å². The van der Waals surface area contributed by atoms with Crippen LogP contribution in [-0.4, -0.2) is 12.4 Å². The van der Waals surface area contributed by atoms with Gasteiger partial charge >= 0.3 is 0 Å². The van der Waals surface area contributed by atoms with Crippen molar-refractivity contribution in [1.29, 1.82) is 0 Å². The van der Waals surface area contributed by atoms with Gasteiger partial charge in [0, 0.05) is 6.21 Å². The van der Waals surface area contributed by atoms with Crippen molar-refractivity contribution in [2.45, 2.75) is 6.23 Å². The number of hydrogen-bond acceptors (Lipinski definition) is 3. The SMILES string of the molecule is NOC1N=CC=C2C=CC=CC21. The number of rotatable bonds is 1. The summed E-state index contributed by atoms with van der Waals surface area (Å²) in [6.07, 6.45) is 11.5. The number of allylic oxidation sites excluding steroid dienone is 4. The molecule has 0 aromatic rings. The van der Waals surface area contributed by atoms with Gasteiger partial charge in [-0.2, -0.15) is 0 Å². The minimum Gasteiger partial charge on any atom is -0.277 e. The number of aliphatic imine (C=N–C) groups is 1. The molecule has 1 heterocycles. The van der Waals surface area contributed by atoms with E-state index in [-0.39, 0.29) is 12.1 Å². The lowest BCUT2D eigenvalue weighted by Gasteiger charge is -2.24. The van der Waals surface area contributed by atoms with Crippen molar-refractivity contribution in [3.8, 4) is 0 Å². The van der Waals surface area contributed by atoms with Crippen LogP contribution < -0.4 is 5.90 Å². The van der Waals surface area contributed by atoms with Gasteiger partial charge in [0.15, 0.2) is 6.23 Å². The van der Waals surface area contributed by atoms with E-state index in [0.717, 1.165) is 0 Å². The standard InChI is InChI=1S/C9H10N2O/c10-12-9-8-4-2-1-3-7(8)5-6-11-9/h1-6,8-9H,10H2. The van der Waals surface area contributed by atoms with Crippen molar-refractivity contribution in [3.05, 3.63) is 36.0 Å². The van der Waals surface area contributed by atoms with Crippen LogP contribution in [0.25, 0.3) is 0 Å². The van der Waals surface area contributed by atoms with Gasteiger partial charge in [0.2, 0.25) is 0 Å². The van der Waals surface area contributed by atoms with E-state index >= 15 is 0 Å². The molecule has 0 radical (unpaired) electrons.